The molecule has 4 aromatic rings. The van der Waals surface area contributed by atoms with Crippen LogP contribution in [0.5, 0.6) is 5.75 Å². The van der Waals surface area contributed by atoms with Crippen LogP contribution in [0.4, 0.5) is 10.1 Å². The molecule has 7 heteroatoms. The van der Waals surface area contributed by atoms with E-state index < -0.39 is 11.9 Å². The van der Waals surface area contributed by atoms with Crippen molar-refractivity contribution < 1.29 is 25.8 Å². The molecular weight excluding hydrogens is 447 g/mol. The van der Waals surface area contributed by atoms with E-state index in [1.807, 2.05) is 30.1 Å². The monoisotopic (exact) mass is 476 g/mol. The van der Waals surface area contributed by atoms with Crippen LogP contribution in [0.1, 0.15) is 32.5 Å². The highest BCUT2D eigenvalue weighted by atomic mass is 19.1. The zero-order valence-corrected chi connectivity index (χ0v) is 19.6. The maximum absolute atomic E-state index is 15.4. The van der Waals surface area contributed by atoms with Crippen LogP contribution in [0.2, 0.25) is 0 Å². The molecule has 1 atom stereocenters. The number of para-hydroxylation sites is 1. The first kappa shape index (κ1) is 20.5. The molecule has 0 amide bonds. The van der Waals surface area contributed by atoms with E-state index in [4.69, 9.17) is 22.4 Å². The molecule has 2 N–H and O–H groups in total. The van der Waals surface area contributed by atoms with Crippen LogP contribution in [0, 0.1) is 5.82 Å². The topological polar surface area (TPSA) is 77.9 Å². The third-order valence-corrected chi connectivity index (χ3v) is 6.24. The van der Waals surface area contributed by atoms with Crippen LogP contribution in [0.25, 0.3) is 22.1 Å². The van der Waals surface area contributed by atoms with Crippen LogP contribution in [0.3, 0.4) is 0 Å². The van der Waals surface area contributed by atoms with Gasteiger partial charge in [-0.2, -0.15) is 0 Å². The first-order valence-corrected chi connectivity index (χ1v) is 11.5. The number of hydrogen-bond acceptors (Lipinski definition) is 6. The normalized spacial score (nSPS) is 15.9. The van der Waals surface area contributed by atoms with Gasteiger partial charge in [0.2, 0.25) is 0 Å². The van der Waals surface area contributed by atoms with Gasteiger partial charge in [0.15, 0.2) is 0 Å². The predicted octanol–water partition coefficient (Wildman–Crippen LogP) is 5.37. The molecule has 0 aliphatic carbocycles. The van der Waals surface area contributed by atoms with E-state index in [1.54, 1.807) is 37.3 Å². The molecule has 0 unspecified atom stereocenters. The van der Waals surface area contributed by atoms with Crippen molar-refractivity contribution in [2.45, 2.75) is 26.0 Å². The van der Waals surface area contributed by atoms with Crippen molar-refractivity contribution in [1.29, 1.82) is 0 Å². The second kappa shape index (κ2) is 9.43. The molecule has 2 heterocycles. The van der Waals surface area contributed by atoms with E-state index >= 15 is 4.39 Å². The number of halogens is 1. The molecule has 1 aliphatic heterocycles. The minimum Gasteiger partial charge on any atom is -0.481 e. The smallest absolute Gasteiger partial charge is 0.310 e. The average Bonchev–Trinajstić information content (AvgIpc) is 3.17. The third kappa shape index (κ3) is 4.23. The summed E-state index contributed by atoms with van der Waals surface area (Å²) in [6, 6.07) is 14.0. The van der Waals surface area contributed by atoms with Crippen LogP contribution in [-0.2, 0) is 22.5 Å². The fraction of sp³-hybridized carbons (Fsp3) is 0.250. The van der Waals surface area contributed by atoms with Gasteiger partial charge in [-0.3, -0.25) is 4.79 Å². The lowest BCUT2D eigenvalue weighted by Crippen LogP contribution is -2.32. The molecular formula is C28H27FN2O4. The van der Waals surface area contributed by atoms with Crippen molar-refractivity contribution in [2.24, 2.45) is 5.73 Å². The third-order valence-electron chi connectivity index (χ3n) is 6.24. The summed E-state index contributed by atoms with van der Waals surface area (Å²) in [7, 11) is 1.93. The average molecular weight is 477 g/mol. The number of fused-ring (bicyclic) bond motifs is 2. The first-order chi connectivity index (χ1) is 17.8. The Bertz CT molecular complexity index is 1500. The molecule has 6 nitrogen and oxygen atoms in total. The minimum absolute atomic E-state index is 0.0323. The second-order valence-corrected chi connectivity index (χ2v) is 8.49. The molecule has 35 heavy (non-hydrogen) atoms. The highest BCUT2D eigenvalue weighted by Gasteiger charge is 2.29. The van der Waals surface area contributed by atoms with Crippen molar-refractivity contribution in [3.05, 3.63) is 83.3 Å². The summed E-state index contributed by atoms with van der Waals surface area (Å²) in [5.41, 5.74) is 9.28. The Morgan fingerprint density at radius 3 is 2.83 bits per heavy atom. The van der Waals surface area contributed by atoms with E-state index in [2.05, 4.69) is 0 Å². The molecule has 1 aliphatic rings. The number of esters is 1. The number of likely N-dealkylation sites (N-methyl/N-ethyl adjacent to an activating group) is 1. The Kier molecular flexibility index (Phi) is 5.53. The molecule has 0 saturated heterocycles. The van der Waals surface area contributed by atoms with Crippen molar-refractivity contribution in [3.63, 3.8) is 0 Å². The van der Waals surface area contributed by atoms with Gasteiger partial charge in [0.25, 0.3) is 0 Å². The highest BCUT2D eigenvalue weighted by molar-refractivity contribution is 5.93. The summed E-state index contributed by atoms with van der Waals surface area (Å²) in [5, 5.41) is 0.395. The zero-order chi connectivity index (χ0) is 26.3. The lowest BCUT2D eigenvalue weighted by Gasteiger charge is -2.35. The quantitative estimate of drug-likeness (QED) is 0.377. The van der Waals surface area contributed by atoms with E-state index in [0.717, 1.165) is 5.69 Å². The van der Waals surface area contributed by atoms with Gasteiger partial charge in [0.05, 0.1) is 32.9 Å². The van der Waals surface area contributed by atoms with Gasteiger partial charge in [-0.15, -0.1) is 0 Å². The fourth-order valence-electron chi connectivity index (χ4n) is 4.53. The SMILES string of the molecule is [2H]c1oc2c(-c3cccc(CN)c3F)cc([C@H]3CN(C)c4cccc(CC(=O)OCC)c4O3)cc2c1[2H]. The standard InChI is InChI=1S/C28H27FN2O4/c1-3-33-25(32)14-17-6-5-9-23-28(17)35-24(16-31(23)2)20-12-18-10-11-34-27(18)22(13-20)21-8-4-7-19(15-30)26(21)29/h4-13,24H,3,14-16,30H2,1-2H3/t24-/m1/s1/i10D,11D. The number of nitrogens with two attached hydrogens (primary N) is 1. The molecule has 180 valence electrons. The number of anilines is 1. The van der Waals surface area contributed by atoms with Crippen LogP contribution in [-0.4, -0.2) is 26.2 Å². The Morgan fingerprint density at radius 1 is 1.23 bits per heavy atom. The first-order valence-electron chi connectivity index (χ1n) is 12.5. The summed E-state index contributed by atoms with van der Waals surface area (Å²) in [4.78, 5) is 14.3. The predicted molar refractivity (Wildman–Crippen MR) is 133 cm³/mol. The maximum Gasteiger partial charge on any atom is 0.310 e. The van der Waals surface area contributed by atoms with Gasteiger partial charge in [0.1, 0.15) is 24.6 Å². The van der Waals surface area contributed by atoms with Crippen molar-refractivity contribution in [3.8, 4) is 16.9 Å². The van der Waals surface area contributed by atoms with Crippen LogP contribution in [0.15, 0.2) is 65.2 Å². The minimum atomic E-state index is -0.492. The maximum atomic E-state index is 15.4. The van der Waals surface area contributed by atoms with Gasteiger partial charge in [-0.1, -0.05) is 30.3 Å². The fourth-order valence-corrected chi connectivity index (χ4v) is 4.53. The molecule has 1 aromatic heterocycles. The van der Waals surface area contributed by atoms with Crippen LogP contribution < -0.4 is 15.4 Å². The number of rotatable bonds is 6. The van der Waals surface area contributed by atoms with Gasteiger partial charge in [-0.05, 0) is 36.7 Å². The van der Waals surface area contributed by atoms with Crippen molar-refractivity contribution >= 4 is 22.6 Å². The Labute approximate surface area is 205 Å². The molecule has 0 bridgehead atoms. The molecule has 3 aromatic carbocycles. The molecule has 0 spiro atoms. The summed E-state index contributed by atoms with van der Waals surface area (Å²) >= 11 is 0. The number of carbonyl (C=O) groups excluding carboxylic acids is 1. The molecule has 0 fully saturated rings. The highest BCUT2D eigenvalue weighted by Crippen LogP contribution is 2.42. The second-order valence-electron chi connectivity index (χ2n) is 8.49. The summed E-state index contributed by atoms with van der Waals surface area (Å²) in [5.74, 6) is -0.239. The molecule has 0 radical (unpaired) electrons. The van der Waals surface area contributed by atoms with E-state index in [-0.39, 0.29) is 42.4 Å². The van der Waals surface area contributed by atoms with Crippen LogP contribution >= 0.6 is 0 Å². The lowest BCUT2D eigenvalue weighted by atomic mass is 9.95. The number of carbonyl (C=O) groups is 1. The number of benzene rings is 3. The zero-order valence-electron chi connectivity index (χ0n) is 21.6. The van der Waals surface area contributed by atoms with E-state index in [1.165, 1.54) is 0 Å². The van der Waals surface area contributed by atoms with Gasteiger partial charge in [0, 0.05) is 41.2 Å². The Hall–Kier alpha value is -3.84. The summed E-state index contributed by atoms with van der Waals surface area (Å²) in [6.45, 7) is 2.56. The summed E-state index contributed by atoms with van der Waals surface area (Å²) < 4.78 is 49.0. The van der Waals surface area contributed by atoms with Gasteiger partial charge < -0.3 is 24.5 Å². The summed E-state index contributed by atoms with van der Waals surface area (Å²) in [6.07, 6.45) is -0.722. The van der Waals surface area contributed by atoms with Crippen molar-refractivity contribution in [2.75, 3.05) is 25.1 Å². The lowest BCUT2D eigenvalue weighted by molar-refractivity contribution is -0.142. The number of hydrogen-bond donors (Lipinski definition) is 1. The molecule has 5 rings (SSSR count). The molecule has 0 saturated carbocycles. The van der Waals surface area contributed by atoms with Gasteiger partial charge >= 0.3 is 5.97 Å². The van der Waals surface area contributed by atoms with Gasteiger partial charge in [-0.25, -0.2) is 4.39 Å². The largest absolute Gasteiger partial charge is 0.481 e. The Morgan fingerprint density at radius 2 is 2.03 bits per heavy atom. The van der Waals surface area contributed by atoms with Crippen molar-refractivity contribution in [1.82, 2.24) is 0 Å². The Balaban J connectivity index is 1.63. The van der Waals surface area contributed by atoms with E-state index in [9.17, 15) is 4.79 Å². The van der Waals surface area contributed by atoms with E-state index in [0.29, 0.717) is 46.5 Å². The number of ether oxygens (including phenoxy) is 2. The number of nitrogens with zero attached hydrogens (tertiary/aromatic N) is 1. The number of furan rings is 1.